The van der Waals surface area contributed by atoms with Crippen LogP contribution in [0.25, 0.3) is 11.1 Å². The fourth-order valence-corrected chi connectivity index (χ4v) is 2.02. The Kier molecular flexibility index (Phi) is 2.96. The molecule has 0 unspecified atom stereocenters. The van der Waals surface area contributed by atoms with Gasteiger partial charge in [-0.25, -0.2) is 4.39 Å². The van der Waals surface area contributed by atoms with Crippen LogP contribution in [-0.2, 0) is 0 Å². The molecule has 0 atom stereocenters. The van der Waals surface area contributed by atoms with Crippen LogP contribution < -0.4 is 4.74 Å². The Balaban J connectivity index is 2.49. The molecule has 0 bridgehead atoms. The number of benzene rings is 1. The van der Waals surface area contributed by atoms with Crippen molar-refractivity contribution in [3.8, 4) is 17.0 Å². The lowest BCUT2D eigenvalue weighted by Gasteiger charge is -2.02. The first-order valence-corrected chi connectivity index (χ1v) is 5.33. The average molecular weight is 237 g/mol. The van der Waals surface area contributed by atoms with Crippen molar-refractivity contribution in [2.45, 2.75) is 0 Å². The maximum Gasteiger partial charge on any atom is 0.232 e. The number of carbonyl (C=O) groups excluding carboxylic acids is 1. The van der Waals surface area contributed by atoms with Crippen LogP contribution in [0.4, 0.5) is 4.39 Å². The number of hydrogen-bond donors (Lipinski definition) is 0. The van der Waals surface area contributed by atoms with Crippen LogP contribution in [0.3, 0.4) is 0 Å². The van der Waals surface area contributed by atoms with Gasteiger partial charge in [-0.3, -0.25) is 4.79 Å². The van der Waals surface area contributed by atoms with Crippen LogP contribution in [0, 0.1) is 5.82 Å². The summed E-state index contributed by atoms with van der Waals surface area (Å²) in [5.74, 6) is -0.0796. The highest BCUT2D eigenvalue weighted by Gasteiger charge is 2.10. The quantitative estimate of drug-likeness (QED) is 0.770. The topological polar surface area (TPSA) is 39.2 Å². The second-order valence-electron chi connectivity index (χ2n) is 3.09. The van der Waals surface area contributed by atoms with Crippen molar-refractivity contribution in [3.63, 3.8) is 0 Å². The lowest BCUT2D eigenvalue weighted by molar-refractivity contribution is 0.112. The largest absolute Gasteiger partial charge is 0.480 e. The normalized spacial score (nSPS) is 10.1. The van der Waals surface area contributed by atoms with E-state index >= 15 is 0 Å². The molecule has 0 aliphatic carbocycles. The van der Waals surface area contributed by atoms with Gasteiger partial charge in [-0.2, -0.15) is 4.37 Å². The van der Waals surface area contributed by atoms with Crippen LogP contribution in [0.1, 0.15) is 10.4 Å². The van der Waals surface area contributed by atoms with E-state index in [0.29, 0.717) is 17.7 Å². The summed E-state index contributed by atoms with van der Waals surface area (Å²) < 4.78 is 22.4. The number of ether oxygens (including phenoxy) is 1. The molecule has 0 saturated heterocycles. The molecule has 0 aliphatic rings. The summed E-state index contributed by atoms with van der Waals surface area (Å²) in [5, 5.41) is 1.77. The third kappa shape index (κ3) is 1.81. The predicted octanol–water partition coefficient (Wildman–Crippen LogP) is 2.77. The van der Waals surface area contributed by atoms with Gasteiger partial charge < -0.3 is 4.74 Å². The molecule has 0 radical (unpaired) electrons. The molecule has 3 nitrogen and oxygen atoms in total. The Morgan fingerprint density at radius 1 is 1.50 bits per heavy atom. The minimum Gasteiger partial charge on any atom is -0.480 e. The molecule has 0 fully saturated rings. The van der Waals surface area contributed by atoms with Crippen LogP contribution >= 0.6 is 11.5 Å². The van der Waals surface area contributed by atoms with E-state index in [-0.39, 0.29) is 5.56 Å². The molecule has 2 rings (SSSR count). The number of halogens is 1. The van der Waals surface area contributed by atoms with Crippen LogP contribution in [-0.4, -0.2) is 17.8 Å². The lowest BCUT2D eigenvalue weighted by Crippen LogP contribution is -1.90. The van der Waals surface area contributed by atoms with Crippen molar-refractivity contribution in [1.82, 2.24) is 4.37 Å². The van der Waals surface area contributed by atoms with Gasteiger partial charge in [0, 0.05) is 5.38 Å². The Morgan fingerprint density at radius 2 is 2.31 bits per heavy atom. The molecular weight excluding hydrogens is 229 g/mol. The Morgan fingerprint density at radius 3 is 2.94 bits per heavy atom. The number of carbonyl (C=O) groups is 1. The molecule has 0 N–H and O–H groups in total. The van der Waals surface area contributed by atoms with Crippen LogP contribution in [0.2, 0.25) is 0 Å². The van der Waals surface area contributed by atoms with E-state index in [1.54, 1.807) is 11.4 Å². The molecule has 82 valence electrons. The monoisotopic (exact) mass is 237 g/mol. The molecule has 5 heteroatoms. The van der Waals surface area contributed by atoms with Crippen LogP contribution in [0.15, 0.2) is 23.6 Å². The van der Waals surface area contributed by atoms with E-state index < -0.39 is 5.82 Å². The SMILES string of the molecule is COc1nscc1-c1ccc(C=O)c(F)c1. The minimum atomic E-state index is -0.541. The van der Waals surface area contributed by atoms with Gasteiger partial charge >= 0.3 is 0 Å². The molecule has 0 saturated carbocycles. The molecule has 0 aliphatic heterocycles. The van der Waals surface area contributed by atoms with Gasteiger partial charge in [-0.05, 0) is 29.2 Å². The highest BCUT2D eigenvalue weighted by atomic mass is 32.1. The van der Waals surface area contributed by atoms with Crippen LogP contribution in [0.5, 0.6) is 5.88 Å². The average Bonchev–Trinajstić information content (AvgIpc) is 2.77. The van der Waals surface area contributed by atoms with Crippen molar-refractivity contribution in [3.05, 3.63) is 35.0 Å². The Labute approximate surface area is 95.7 Å². The maximum absolute atomic E-state index is 13.4. The van der Waals surface area contributed by atoms with Crippen molar-refractivity contribution < 1.29 is 13.9 Å². The molecule has 1 aromatic heterocycles. The van der Waals surface area contributed by atoms with Gasteiger partial charge in [0.25, 0.3) is 0 Å². The molecule has 16 heavy (non-hydrogen) atoms. The third-order valence-electron chi connectivity index (χ3n) is 2.17. The van der Waals surface area contributed by atoms with E-state index in [0.717, 1.165) is 5.56 Å². The van der Waals surface area contributed by atoms with Gasteiger partial charge in [0.2, 0.25) is 5.88 Å². The number of aromatic nitrogens is 1. The summed E-state index contributed by atoms with van der Waals surface area (Å²) in [6.07, 6.45) is 0.488. The molecule has 1 heterocycles. The van der Waals surface area contributed by atoms with Gasteiger partial charge in [-0.1, -0.05) is 6.07 Å². The number of rotatable bonds is 3. The second kappa shape index (κ2) is 4.40. The Hall–Kier alpha value is -1.75. The number of hydrogen-bond acceptors (Lipinski definition) is 4. The van der Waals surface area contributed by atoms with E-state index in [9.17, 15) is 9.18 Å². The number of methoxy groups -OCH3 is 1. The summed E-state index contributed by atoms with van der Waals surface area (Å²) in [5.41, 5.74) is 1.42. The number of nitrogens with zero attached hydrogens (tertiary/aromatic N) is 1. The van der Waals surface area contributed by atoms with E-state index in [4.69, 9.17) is 4.74 Å². The first-order valence-electron chi connectivity index (χ1n) is 4.49. The summed E-state index contributed by atoms with van der Waals surface area (Å²) in [7, 11) is 1.51. The van der Waals surface area contributed by atoms with E-state index in [1.165, 1.54) is 30.8 Å². The predicted molar refractivity (Wildman–Crippen MR) is 59.4 cm³/mol. The maximum atomic E-state index is 13.4. The van der Waals surface area contributed by atoms with Gasteiger partial charge in [0.1, 0.15) is 5.82 Å². The zero-order valence-corrected chi connectivity index (χ0v) is 9.25. The molecule has 0 spiro atoms. The van der Waals surface area contributed by atoms with Crippen molar-refractivity contribution in [1.29, 1.82) is 0 Å². The summed E-state index contributed by atoms with van der Waals surface area (Å²) in [4.78, 5) is 10.5. The third-order valence-corrected chi connectivity index (χ3v) is 2.78. The highest BCUT2D eigenvalue weighted by molar-refractivity contribution is 7.04. The van der Waals surface area contributed by atoms with E-state index in [1.807, 2.05) is 0 Å². The summed E-state index contributed by atoms with van der Waals surface area (Å²) in [6.45, 7) is 0. The molecule has 2 aromatic rings. The molecular formula is C11H8FNO2S. The second-order valence-corrected chi connectivity index (χ2v) is 3.72. The zero-order valence-electron chi connectivity index (χ0n) is 8.44. The fourth-order valence-electron chi connectivity index (χ4n) is 1.36. The molecule has 1 aromatic carbocycles. The highest BCUT2D eigenvalue weighted by Crippen LogP contribution is 2.31. The fraction of sp³-hybridized carbons (Fsp3) is 0.0909. The summed E-state index contributed by atoms with van der Waals surface area (Å²) in [6, 6.07) is 4.41. The molecule has 0 amide bonds. The first-order chi connectivity index (χ1) is 7.76. The van der Waals surface area contributed by atoms with Crippen molar-refractivity contribution >= 4 is 17.8 Å². The standard InChI is InChI=1S/C11H8FNO2S/c1-15-11-9(6-16-13-11)7-2-3-8(5-14)10(12)4-7/h2-6H,1H3. The van der Waals surface area contributed by atoms with Gasteiger partial charge in [0.05, 0.1) is 18.2 Å². The number of aldehydes is 1. The summed E-state index contributed by atoms with van der Waals surface area (Å²) >= 11 is 1.23. The zero-order chi connectivity index (χ0) is 11.5. The van der Waals surface area contributed by atoms with Gasteiger partial charge in [-0.15, -0.1) is 0 Å². The van der Waals surface area contributed by atoms with E-state index in [2.05, 4.69) is 4.37 Å². The first kappa shape index (κ1) is 10.8. The lowest BCUT2D eigenvalue weighted by atomic mass is 10.1. The minimum absolute atomic E-state index is 0.0471. The van der Waals surface area contributed by atoms with Crippen molar-refractivity contribution in [2.75, 3.05) is 7.11 Å². The van der Waals surface area contributed by atoms with Gasteiger partial charge in [0.15, 0.2) is 6.29 Å². The Bertz CT molecular complexity index is 524. The smallest absolute Gasteiger partial charge is 0.232 e. The van der Waals surface area contributed by atoms with Crippen molar-refractivity contribution in [2.24, 2.45) is 0 Å².